The van der Waals surface area contributed by atoms with Crippen molar-refractivity contribution in [3.8, 4) is 11.5 Å². The first-order valence-electron chi connectivity index (χ1n) is 11.0. The molecule has 3 rings (SSSR count). The summed E-state index contributed by atoms with van der Waals surface area (Å²) in [6.45, 7) is 12.9. The summed E-state index contributed by atoms with van der Waals surface area (Å²) in [5.41, 5.74) is 1.10. The van der Waals surface area contributed by atoms with Gasteiger partial charge in [-0.2, -0.15) is 0 Å². The standard InChI is InChI=1S/C23H38N4O2.HI/c1-6-24-22(27-14-11-19(16-27)26-12-7-8-13-26)25-17-23(2,3)18-9-10-20(28-4)21(15-18)29-5;/h9-10,15,19H,6-8,11-14,16-17H2,1-5H3,(H,24,25);1H. The summed E-state index contributed by atoms with van der Waals surface area (Å²) in [7, 11) is 3.35. The van der Waals surface area contributed by atoms with Crippen LogP contribution in [0.2, 0.25) is 0 Å². The lowest BCUT2D eigenvalue weighted by molar-refractivity contribution is 0.249. The monoisotopic (exact) mass is 530 g/mol. The number of methoxy groups -OCH3 is 2. The number of ether oxygens (including phenoxy) is 2. The fourth-order valence-electron chi connectivity index (χ4n) is 4.39. The SMILES string of the molecule is CCNC(=NCC(C)(C)c1ccc(OC)c(OC)c1)N1CCC(N2CCCC2)C1.I. The van der Waals surface area contributed by atoms with Crippen LogP contribution >= 0.6 is 24.0 Å². The third-order valence-corrected chi connectivity index (χ3v) is 6.24. The number of hydrogen-bond acceptors (Lipinski definition) is 4. The summed E-state index contributed by atoms with van der Waals surface area (Å²) in [5.74, 6) is 2.57. The normalized spacial score (nSPS) is 20.2. The van der Waals surface area contributed by atoms with E-state index in [4.69, 9.17) is 14.5 Å². The summed E-state index contributed by atoms with van der Waals surface area (Å²) < 4.78 is 10.9. The molecule has 2 heterocycles. The van der Waals surface area contributed by atoms with Crippen LogP contribution < -0.4 is 14.8 Å². The predicted molar refractivity (Wildman–Crippen MR) is 135 cm³/mol. The first-order chi connectivity index (χ1) is 14.0. The van der Waals surface area contributed by atoms with E-state index in [0.29, 0.717) is 6.04 Å². The number of rotatable bonds is 7. The van der Waals surface area contributed by atoms with Gasteiger partial charge in [0.1, 0.15) is 0 Å². The number of hydrogen-bond donors (Lipinski definition) is 1. The number of nitrogens with one attached hydrogen (secondary N) is 1. The van der Waals surface area contributed by atoms with Crippen LogP contribution in [0.15, 0.2) is 23.2 Å². The quantitative estimate of drug-likeness (QED) is 0.331. The van der Waals surface area contributed by atoms with Gasteiger partial charge in [0, 0.05) is 31.1 Å². The maximum Gasteiger partial charge on any atom is 0.193 e. The average molecular weight is 530 g/mol. The van der Waals surface area contributed by atoms with Gasteiger partial charge in [0.25, 0.3) is 0 Å². The molecular formula is C23H39IN4O2. The second-order valence-corrected chi connectivity index (χ2v) is 8.76. The molecule has 0 amide bonds. The maximum absolute atomic E-state index is 5.49. The third-order valence-electron chi connectivity index (χ3n) is 6.24. The van der Waals surface area contributed by atoms with Gasteiger partial charge in [0.2, 0.25) is 0 Å². The van der Waals surface area contributed by atoms with E-state index in [9.17, 15) is 0 Å². The Kier molecular flexibility index (Phi) is 9.53. The van der Waals surface area contributed by atoms with Gasteiger partial charge in [-0.05, 0) is 57.0 Å². The van der Waals surface area contributed by atoms with E-state index < -0.39 is 0 Å². The molecule has 1 aromatic rings. The molecular weight excluding hydrogens is 491 g/mol. The Balaban J connectivity index is 0.00000320. The number of halogens is 1. The second-order valence-electron chi connectivity index (χ2n) is 8.76. The molecule has 1 aromatic carbocycles. The van der Waals surface area contributed by atoms with E-state index >= 15 is 0 Å². The van der Waals surface area contributed by atoms with Crippen LogP contribution in [0.25, 0.3) is 0 Å². The van der Waals surface area contributed by atoms with E-state index in [0.717, 1.165) is 43.6 Å². The molecule has 2 fully saturated rings. The van der Waals surface area contributed by atoms with Crippen molar-refractivity contribution in [2.75, 3.05) is 53.5 Å². The summed E-state index contributed by atoms with van der Waals surface area (Å²) in [4.78, 5) is 10.1. The fraction of sp³-hybridized carbons (Fsp3) is 0.696. The Bertz CT molecular complexity index is 704. The van der Waals surface area contributed by atoms with Crippen LogP contribution in [0.4, 0.5) is 0 Å². The van der Waals surface area contributed by atoms with Crippen molar-refractivity contribution >= 4 is 29.9 Å². The summed E-state index contributed by atoms with van der Waals surface area (Å²) >= 11 is 0. The van der Waals surface area contributed by atoms with E-state index in [1.54, 1.807) is 14.2 Å². The molecule has 0 spiro atoms. The summed E-state index contributed by atoms with van der Waals surface area (Å²) in [6.07, 6.45) is 3.94. The number of benzene rings is 1. The largest absolute Gasteiger partial charge is 0.493 e. The highest BCUT2D eigenvalue weighted by Crippen LogP contribution is 2.33. The van der Waals surface area contributed by atoms with Crippen molar-refractivity contribution in [1.82, 2.24) is 15.1 Å². The molecule has 0 aromatic heterocycles. The van der Waals surface area contributed by atoms with Crippen LogP contribution in [0.5, 0.6) is 11.5 Å². The number of likely N-dealkylation sites (tertiary alicyclic amines) is 2. The smallest absolute Gasteiger partial charge is 0.193 e. The van der Waals surface area contributed by atoms with Crippen molar-refractivity contribution < 1.29 is 9.47 Å². The van der Waals surface area contributed by atoms with E-state index in [1.807, 2.05) is 6.07 Å². The zero-order chi connectivity index (χ0) is 20.9. The van der Waals surface area contributed by atoms with E-state index in [1.165, 1.54) is 37.9 Å². The Morgan fingerprint density at radius 3 is 2.47 bits per heavy atom. The maximum atomic E-state index is 5.49. The molecule has 7 heteroatoms. The highest BCUT2D eigenvalue weighted by Gasteiger charge is 2.31. The Morgan fingerprint density at radius 2 is 1.83 bits per heavy atom. The molecule has 0 aliphatic carbocycles. The molecule has 30 heavy (non-hydrogen) atoms. The zero-order valence-electron chi connectivity index (χ0n) is 19.2. The third kappa shape index (κ3) is 5.93. The lowest BCUT2D eigenvalue weighted by atomic mass is 9.84. The van der Waals surface area contributed by atoms with Crippen LogP contribution in [0.1, 0.15) is 45.6 Å². The second kappa shape index (κ2) is 11.4. The highest BCUT2D eigenvalue weighted by atomic mass is 127. The van der Waals surface area contributed by atoms with Crippen molar-refractivity contribution in [1.29, 1.82) is 0 Å². The highest BCUT2D eigenvalue weighted by molar-refractivity contribution is 14.0. The number of guanidine groups is 1. The Hall–Kier alpha value is -1.22. The summed E-state index contributed by atoms with van der Waals surface area (Å²) in [6, 6.07) is 6.84. The molecule has 1 unspecified atom stereocenters. The van der Waals surface area contributed by atoms with Crippen LogP contribution in [-0.2, 0) is 5.41 Å². The number of nitrogens with zero attached hydrogens (tertiary/aromatic N) is 3. The molecule has 0 radical (unpaired) electrons. The first kappa shape index (κ1) is 25.0. The molecule has 2 aliphatic rings. The molecule has 0 saturated carbocycles. The van der Waals surface area contributed by atoms with E-state index in [2.05, 4.69) is 48.0 Å². The molecule has 2 aliphatic heterocycles. The van der Waals surface area contributed by atoms with E-state index in [-0.39, 0.29) is 29.4 Å². The number of aliphatic imine (C=N–C) groups is 1. The van der Waals surface area contributed by atoms with Crippen LogP contribution in [0.3, 0.4) is 0 Å². The minimum Gasteiger partial charge on any atom is -0.493 e. The van der Waals surface area contributed by atoms with Crippen LogP contribution in [-0.4, -0.2) is 75.3 Å². The van der Waals surface area contributed by atoms with Crippen LogP contribution in [0, 0.1) is 0 Å². The Labute approximate surface area is 199 Å². The fourth-order valence-corrected chi connectivity index (χ4v) is 4.39. The van der Waals surface area contributed by atoms with Crippen molar-refractivity contribution in [2.45, 2.75) is 51.5 Å². The predicted octanol–water partition coefficient (Wildman–Crippen LogP) is 3.74. The van der Waals surface area contributed by atoms with Crippen molar-refractivity contribution in [3.05, 3.63) is 23.8 Å². The van der Waals surface area contributed by atoms with Gasteiger partial charge in [-0.25, -0.2) is 0 Å². The summed E-state index contributed by atoms with van der Waals surface area (Å²) in [5, 5.41) is 3.51. The minimum absolute atomic E-state index is 0. The molecule has 2 saturated heterocycles. The first-order valence-corrected chi connectivity index (χ1v) is 11.0. The molecule has 0 bridgehead atoms. The molecule has 1 atom stereocenters. The average Bonchev–Trinajstić information content (AvgIpc) is 3.42. The van der Waals surface area contributed by atoms with Gasteiger partial charge in [-0.15, -0.1) is 24.0 Å². The van der Waals surface area contributed by atoms with Gasteiger partial charge in [-0.3, -0.25) is 9.89 Å². The van der Waals surface area contributed by atoms with Gasteiger partial charge < -0.3 is 19.7 Å². The minimum atomic E-state index is -0.103. The zero-order valence-corrected chi connectivity index (χ0v) is 21.6. The Morgan fingerprint density at radius 1 is 1.13 bits per heavy atom. The molecule has 1 N–H and O–H groups in total. The van der Waals surface area contributed by atoms with Gasteiger partial charge in [0.15, 0.2) is 17.5 Å². The molecule has 170 valence electrons. The van der Waals surface area contributed by atoms with Gasteiger partial charge in [0.05, 0.1) is 20.8 Å². The topological polar surface area (TPSA) is 49.3 Å². The lowest BCUT2D eigenvalue weighted by Gasteiger charge is -2.28. The lowest BCUT2D eigenvalue weighted by Crippen LogP contribution is -2.43. The van der Waals surface area contributed by atoms with Gasteiger partial charge >= 0.3 is 0 Å². The molecule has 6 nitrogen and oxygen atoms in total. The van der Waals surface area contributed by atoms with Gasteiger partial charge in [-0.1, -0.05) is 19.9 Å². The van der Waals surface area contributed by atoms with Crippen molar-refractivity contribution in [3.63, 3.8) is 0 Å². The van der Waals surface area contributed by atoms with Crippen molar-refractivity contribution in [2.24, 2.45) is 4.99 Å².